The molecule has 0 aliphatic heterocycles. The monoisotopic (exact) mass is 619 g/mol. The van der Waals surface area contributed by atoms with E-state index in [0.717, 1.165) is 65.6 Å². The summed E-state index contributed by atoms with van der Waals surface area (Å²) in [7, 11) is 0. The molecule has 224 valence electrons. The highest BCUT2D eigenvalue weighted by Gasteiger charge is 2.18. The molecular weight excluding hydrogens is 589 g/mol. The van der Waals surface area contributed by atoms with Crippen LogP contribution in [0.2, 0.25) is 0 Å². The fourth-order valence-electron chi connectivity index (χ4n) is 6.66. The molecule has 3 heterocycles. The largest absolute Gasteiger partial charge is 0.456 e. The fraction of sp³-hybridized carbons (Fsp3) is 0. The Hall–Kier alpha value is -6.59. The first kappa shape index (κ1) is 22.0. The first-order chi connectivity index (χ1) is 25.8. The highest BCUT2D eigenvalue weighted by Crippen LogP contribution is 2.36. The summed E-state index contributed by atoms with van der Waals surface area (Å²) < 4.78 is 50.5. The Morgan fingerprint density at radius 1 is 0.458 bits per heavy atom. The van der Waals surface area contributed by atoms with Crippen LogP contribution in [0, 0.1) is 0 Å². The summed E-state index contributed by atoms with van der Waals surface area (Å²) >= 11 is 0. The van der Waals surface area contributed by atoms with Crippen molar-refractivity contribution >= 4 is 54.5 Å². The van der Waals surface area contributed by atoms with Crippen LogP contribution in [0.4, 0.5) is 0 Å². The van der Waals surface area contributed by atoms with Crippen molar-refractivity contribution in [2.24, 2.45) is 0 Å². The van der Waals surface area contributed by atoms with Crippen molar-refractivity contribution in [3.63, 3.8) is 0 Å². The maximum atomic E-state index is 8.72. The van der Waals surface area contributed by atoms with Crippen molar-refractivity contribution in [1.82, 2.24) is 19.5 Å². The van der Waals surface area contributed by atoms with E-state index >= 15 is 0 Å². The number of aromatic nitrogens is 4. The van der Waals surface area contributed by atoms with Crippen LogP contribution >= 0.6 is 0 Å². The van der Waals surface area contributed by atoms with Gasteiger partial charge in [0.25, 0.3) is 0 Å². The van der Waals surface area contributed by atoms with Crippen molar-refractivity contribution in [3.05, 3.63) is 158 Å². The smallest absolute Gasteiger partial charge is 0.238 e. The minimum atomic E-state index is -0.481. The van der Waals surface area contributed by atoms with E-state index in [4.69, 9.17) is 26.2 Å². The standard InChI is InChI=1S/C43H26N4O/c1-2-10-28(11-3-1)41-44-42(46-43(45-41)47-37-16-8-6-14-33(37)34-15-7-9-17-38(34)47)29-20-18-27(19-21-29)32-22-23-35-36-24-30-12-4-5-13-31(30)25-40(36)48-39(35)26-32/h1-26H/i1D,2D,3D,10D,11D. The lowest BCUT2D eigenvalue weighted by Crippen LogP contribution is -2.06. The number of nitrogens with zero attached hydrogens (tertiary/aromatic N) is 4. The quantitative estimate of drug-likeness (QED) is 0.197. The molecule has 0 aliphatic carbocycles. The molecule has 0 atom stereocenters. The molecular formula is C43H26N4O. The van der Waals surface area contributed by atoms with E-state index in [-0.39, 0.29) is 29.4 Å². The molecule has 0 amide bonds. The Labute approximate surface area is 282 Å². The van der Waals surface area contributed by atoms with Crippen LogP contribution in [0.25, 0.3) is 94.4 Å². The van der Waals surface area contributed by atoms with E-state index in [1.807, 2.05) is 89.5 Å². The van der Waals surface area contributed by atoms with Crippen molar-refractivity contribution in [3.8, 4) is 39.9 Å². The normalized spacial score (nSPS) is 13.2. The molecule has 0 N–H and O–H groups in total. The first-order valence-corrected chi connectivity index (χ1v) is 15.6. The summed E-state index contributed by atoms with van der Waals surface area (Å²) in [6.45, 7) is 0. The van der Waals surface area contributed by atoms with Crippen LogP contribution < -0.4 is 0 Å². The molecule has 0 fully saturated rings. The second kappa shape index (κ2) is 10.5. The first-order valence-electron chi connectivity index (χ1n) is 18.1. The van der Waals surface area contributed by atoms with Crippen molar-refractivity contribution in [1.29, 1.82) is 0 Å². The van der Waals surface area contributed by atoms with Gasteiger partial charge in [-0.25, -0.2) is 4.98 Å². The average molecular weight is 620 g/mol. The second-order valence-electron chi connectivity index (χ2n) is 11.7. The number of benzene rings is 7. The lowest BCUT2D eigenvalue weighted by Gasteiger charge is -2.11. The highest BCUT2D eigenvalue weighted by atomic mass is 16.3. The SMILES string of the molecule is [2H]c1c([2H])c([2H])c(-c2nc(-c3ccc(-c4ccc5c(c4)oc4cc6ccccc6cc45)cc3)nc(-n3c4ccccc4c4ccccc43)n2)c([2H])c1[2H]. The zero-order valence-electron chi connectivity index (χ0n) is 30.3. The van der Waals surface area contributed by atoms with Gasteiger partial charge in [0.2, 0.25) is 5.95 Å². The molecule has 0 aliphatic rings. The second-order valence-corrected chi connectivity index (χ2v) is 11.7. The molecule has 5 heteroatoms. The Kier molecular flexibility index (Phi) is 4.81. The van der Waals surface area contributed by atoms with Crippen LogP contribution in [0.3, 0.4) is 0 Å². The van der Waals surface area contributed by atoms with Crippen LogP contribution in [-0.4, -0.2) is 19.5 Å². The summed E-state index contributed by atoms with van der Waals surface area (Å²) in [5.41, 5.74) is 5.89. The van der Waals surface area contributed by atoms with E-state index in [1.54, 1.807) is 0 Å². The third kappa shape index (κ3) is 4.22. The number of fused-ring (bicyclic) bond motifs is 7. The number of rotatable bonds is 4. The van der Waals surface area contributed by atoms with Crippen LogP contribution in [0.5, 0.6) is 0 Å². The Morgan fingerprint density at radius 3 is 1.77 bits per heavy atom. The lowest BCUT2D eigenvalue weighted by molar-refractivity contribution is 0.669. The molecule has 7 aromatic carbocycles. The highest BCUT2D eigenvalue weighted by molar-refractivity contribution is 6.11. The van der Waals surface area contributed by atoms with Gasteiger partial charge in [0.15, 0.2) is 11.6 Å². The van der Waals surface area contributed by atoms with Crippen LogP contribution in [-0.2, 0) is 0 Å². The van der Waals surface area contributed by atoms with Gasteiger partial charge in [-0.05, 0) is 58.3 Å². The number of hydrogen-bond acceptors (Lipinski definition) is 4. The Morgan fingerprint density at radius 2 is 1.04 bits per heavy atom. The van der Waals surface area contributed by atoms with Gasteiger partial charge in [-0.15, -0.1) is 0 Å². The van der Waals surface area contributed by atoms with E-state index in [2.05, 4.69) is 42.5 Å². The van der Waals surface area contributed by atoms with Gasteiger partial charge in [0.1, 0.15) is 11.2 Å². The third-order valence-electron chi connectivity index (χ3n) is 8.94. The maximum absolute atomic E-state index is 8.72. The minimum absolute atomic E-state index is 0.0177. The molecule has 48 heavy (non-hydrogen) atoms. The van der Waals surface area contributed by atoms with Crippen molar-refractivity contribution in [2.45, 2.75) is 0 Å². The van der Waals surface area contributed by atoms with Crippen LogP contribution in [0.15, 0.2) is 162 Å². The lowest BCUT2D eigenvalue weighted by atomic mass is 10.0. The predicted molar refractivity (Wildman–Crippen MR) is 195 cm³/mol. The van der Waals surface area contributed by atoms with E-state index in [0.29, 0.717) is 11.4 Å². The Bertz CT molecular complexity index is 3050. The van der Waals surface area contributed by atoms with E-state index in [1.165, 1.54) is 0 Å². The summed E-state index contributed by atoms with van der Waals surface area (Å²) in [4.78, 5) is 14.5. The predicted octanol–water partition coefficient (Wildman–Crippen LogP) is 11.0. The maximum Gasteiger partial charge on any atom is 0.238 e. The molecule has 0 saturated carbocycles. The zero-order valence-corrected chi connectivity index (χ0v) is 25.3. The number of hydrogen-bond donors (Lipinski definition) is 0. The minimum Gasteiger partial charge on any atom is -0.456 e. The van der Waals surface area contributed by atoms with Crippen LogP contribution in [0.1, 0.15) is 6.85 Å². The van der Waals surface area contributed by atoms with Gasteiger partial charge in [0.05, 0.1) is 17.9 Å². The van der Waals surface area contributed by atoms with Gasteiger partial charge in [-0.1, -0.05) is 121 Å². The molecule has 0 radical (unpaired) electrons. The van der Waals surface area contributed by atoms with Crippen molar-refractivity contribution < 1.29 is 11.3 Å². The van der Waals surface area contributed by atoms with Crippen molar-refractivity contribution in [2.75, 3.05) is 0 Å². The number of para-hydroxylation sites is 2. The molecule has 0 unspecified atom stereocenters. The van der Waals surface area contributed by atoms with E-state index in [9.17, 15) is 0 Å². The molecule has 0 saturated heterocycles. The van der Waals surface area contributed by atoms with E-state index < -0.39 is 18.1 Å². The number of furan rings is 1. The summed E-state index contributed by atoms with van der Waals surface area (Å²) in [6.07, 6.45) is 0. The van der Waals surface area contributed by atoms with Gasteiger partial charge >= 0.3 is 0 Å². The summed E-state index contributed by atoms with van der Waals surface area (Å²) in [5.74, 6) is 0.544. The summed E-state index contributed by atoms with van der Waals surface area (Å²) in [5, 5.41) is 6.43. The summed E-state index contributed by atoms with van der Waals surface area (Å²) in [6, 6.07) is 40.3. The van der Waals surface area contributed by atoms with Gasteiger partial charge in [0, 0.05) is 32.7 Å². The topological polar surface area (TPSA) is 56.7 Å². The molecule has 10 aromatic rings. The van der Waals surface area contributed by atoms with Gasteiger partial charge < -0.3 is 4.42 Å². The zero-order chi connectivity index (χ0) is 36.0. The fourth-order valence-corrected chi connectivity index (χ4v) is 6.66. The molecule has 0 spiro atoms. The molecule has 0 bridgehead atoms. The molecule has 5 nitrogen and oxygen atoms in total. The molecule has 3 aromatic heterocycles. The average Bonchev–Trinajstić information content (AvgIpc) is 3.73. The Balaban J connectivity index is 1.13. The van der Waals surface area contributed by atoms with Gasteiger partial charge in [-0.2, -0.15) is 9.97 Å². The third-order valence-corrected chi connectivity index (χ3v) is 8.94. The van der Waals surface area contributed by atoms with Gasteiger partial charge in [-0.3, -0.25) is 4.57 Å². The molecule has 10 rings (SSSR count).